The molecule has 3 N–H and O–H groups in total. The molecule has 2 heterocycles. The van der Waals surface area contributed by atoms with E-state index in [0.29, 0.717) is 22.4 Å². The van der Waals surface area contributed by atoms with Crippen LogP contribution in [0.5, 0.6) is 0 Å². The number of carbonyl (C=O) groups is 1. The van der Waals surface area contributed by atoms with E-state index >= 15 is 0 Å². The Labute approximate surface area is 143 Å². The summed E-state index contributed by atoms with van der Waals surface area (Å²) < 4.78 is 1.84. The summed E-state index contributed by atoms with van der Waals surface area (Å²) in [7, 11) is 1.86. The highest BCUT2D eigenvalue weighted by Gasteiger charge is 2.13. The Morgan fingerprint density at radius 1 is 1.29 bits per heavy atom. The molecular weight excluding hydrogens is 324 g/mol. The number of anilines is 2. The third-order valence-corrected chi connectivity index (χ3v) is 4.28. The lowest BCUT2D eigenvalue weighted by atomic mass is 10.3. The molecule has 24 heavy (non-hydrogen) atoms. The summed E-state index contributed by atoms with van der Waals surface area (Å²) in [5.74, 6) is 0.812. The van der Waals surface area contributed by atoms with Gasteiger partial charge in [0.2, 0.25) is 5.91 Å². The molecule has 0 fully saturated rings. The van der Waals surface area contributed by atoms with Crippen LogP contribution in [0.4, 0.5) is 11.4 Å². The Morgan fingerprint density at radius 2 is 2.17 bits per heavy atom. The van der Waals surface area contributed by atoms with E-state index in [1.54, 1.807) is 36.7 Å². The minimum Gasteiger partial charge on any atom is -0.399 e. The van der Waals surface area contributed by atoms with Crippen molar-refractivity contribution in [1.82, 2.24) is 19.7 Å². The summed E-state index contributed by atoms with van der Waals surface area (Å²) in [5, 5.41) is 11.8. The molecule has 2 aromatic heterocycles. The first-order valence-corrected chi connectivity index (χ1v) is 8.20. The summed E-state index contributed by atoms with van der Waals surface area (Å²) in [6.07, 6.45) is 3.43. The molecular formula is C16H16N6OS. The van der Waals surface area contributed by atoms with E-state index < -0.39 is 0 Å². The van der Waals surface area contributed by atoms with Crippen molar-refractivity contribution in [1.29, 1.82) is 0 Å². The zero-order chi connectivity index (χ0) is 16.9. The minimum atomic E-state index is -0.128. The molecule has 3 rings (SSSR count). The maximum atomic E-state index is 12.0. The van der Waals surface area contributed by atoms with Crippen LogP contribution >= 0.6 is 11.8 Å². The SMILES string of the molecule is Cn1c(SCC(=O)Nc2cccc(N)c2)nnc1-c1cccnc1. The average Bonchev–Trinajstić information content (AvgIpc) is 2.94. The lowest BCUT2D eigenvalue weighted by Crippen LogP contribution is -2.14. The van der Waals surface area contributed by atoms with Gasteiger partial charge in [-0.25, -0.2) is 0 Å². The molecule has 0 radical (unpaired) electrons. The van der Waals surface area contributed by atoms with Crippen LogP contribution in [-0.2, 0) is 11.8 Å². The van der Waals surface area contributed by atoms with Gasteiger partial charge in [0.05, 0.1) is 5.75 Å². The molecule has 1 aromatic carbocycles. The fourth-order valence-corrected chi connectivity index (χ4v) is 2.84. The van der Waals surface area contributed by atoms with Crippen molar-refractivity contribution in [3.05, 3.63) is 48.8 Å². The van der Waals surface area contributed by atoms with Crippen LogP contribution in [0.1, 0.15) is 0 Å². The second kappa shape index (κ2) is 7.14. The Balaban J connectivity index is 1.63. The van der Waals surface area contributed by atoms with Crippen molar-refractivity contribution in [2.75, 3.05) is 16.8 Å². The molecule has 0 atom stereocenters. The van der Waals surface area contributed by atoms with Gasteiger partial charge in [-0.1, -0.05) is 17.8 Å². The molecule has 0 bridgehead atoms. The lowest BCUT2D eigenvalue weighted by Gasteiger charge is -2.06. The quantitative estimate of drug-likeness (QED) is 0.546. The van der Waals surface area contributed by atoms with E-state index in [0.717, 1.165) is 5.56 Å². The highest BCUT2D eigenvalue weighted by molar-refractivity contribution is 7.99. The maximum absolute atomic E-state index is 12.0. The molecule has 0 unspecified atom stereocenters. The second-order valence-corrected chi connectivity index (χ2v) is 6.01. The monoisotopic (exact) mass is 340 g/mol. The van der Waals surface area contributed by atoms with Crippen LogP contribution < -0.4 is 11.1 Å². The normalized spacial score (nSPS) is 10.5. The summed E-state index contributed by atoms with van der Waals surface area (Å²) >= 11 is 1.32. The van der Waals surface area contributed by atoms with Crippen LogP contribution in [0, 0.1) is 0 Å². The van der Waals surface area contributed by atoms with Crippen LogP contribution in [-0.4, -0.2) is 31.4 Å². The number of amides is 1. The number of hydrogen-bond acceptors (Lipinski definition) is 6. The van der Waals surface area contributed by atoms with E-state index in [4.69, 9.17) is 5.73 Å². The zero-order valence-corrected chi connectivity index (χ0v) is 13.8. The number of carbonyl (C=O) groups excluding carboxylic acids is 1. The van der Waals surface area contributed by atoms with Crippen molar-refractivity contribution in [3.63, 3.8) is 0 Å². The number of hydrogen-bond donors (Lipinski definition) is 2. The Bertz CT molecular complexity index is 849. The van der Waals surface area contributed by atoms with Crippen LogP contribution in [0.25, 0.3) is 11.4 Å². The van der Waals surface area contributed by atoms with Gasteiger partial charge in [-0.2, -0.15) is 0 Å². The first kappa shape index (κ1) is 16.0. The summed E-state index contributed by atoms with van der Waals surface area (Å²) in [5.41, 5.74) is 7.85. The topological polar surface area (TPSA) is 98.7 Å². The van der Waals surface area contributed by atoms with Crippen molar-refractivity contribution < 1.29 is 4.79 Å². The third-order valence-electron chi connectivity index (χ3n) is 3.26. The van der Waals surface area contributed by atoms with Gasteiger partial charge in [-0.3, -0.25) is 9.78 Å². The standard InChI is InChI=1S/C16H16N6OS/c1-22-15(11-4-3-7-18-9-11)20-21-16(22)24-10-14(23)19-13-6-2-5-12(17)8-13/h2-9H,10,17H2,1H3,(H,19,23). The Hall–Kier alpha value is -2.87. The third kappa shape index (κ3) is 3.72. The van der Waals surface area contributed by atoms with E-state index in [9.17, 15) is 4.79 Å². The Kier molecular flexibility index (Phi) is 4.76. The molecule has 1 amide bonds. The maximum Gasteiger partial charge on any atom is 0.234 e. The molecule has 122 valence electrons. The number of thioether (sulfide) groups is 1. The van der Waals surface area contributed by atoms with Crippen molar-refractivity contribution >= 4 is 29.0 Å². The number of aromatic nitrogens is 4. The number of nitrogen functional groups attached to an aromatic ring is 1. The largest absolute Gasteiger partial charge is 0.399 e. The molecule has 3 aromatic rings. The fraction of sp³-hybridized carbons (Fsp3) is 0.125. The van der Waals surface area contributed by atoms with Crippen molar-refractivity contribution in [3.8, 4) is 11.4 Å². The van der Waals surface area contributed by atoms with Gasteiger partial charge in [-0.05, 0) is 30.3 Å². The number of benzene rings is 1. The predicted octanol–water partition coefficient (Wildman–Crippen LogP) is 2.19. The molecule has 7 nitrogen and oxygen atoms in total. The van der Waals surface area contributed by atoms with Gasteiger partial charge in [0.15, 0.2) is 11.0 Å². The van der Waals surface area contributed by atoms with Crippen molar-refractivity contribution in [2.24, 2.45) is 7.05 Å². The molecule has 0 saturated heterocycles. The second-order valence-electron chi connectivity index (χ2n) is 5.07. The van der Waals surface area contributed by atoms with Gasteiger partial charge in [-0.15, -0.1) is 10.2 Å². The minimum absolute atomic E-state index is 0.128. The molecule has 0 saturated carbocycles. The first-order chi connectivity index (χ1) is 11.6. The van der Waals surface area contributed by atoms with Gasteiger partial charge < -0.3 is 15.6 Å². The number of nitrogens with two attached hydrogens (primary N) is 1. The smallest absolute Gasteiger partial charge is 0.234 e. The van der Waals surface area contributed by atoms with Gasteiger partial charge in [0, 0.05) is 36.4 Å². The number of nitrogens with zero attached hydrogens (tertiary/aromatic N) is 4. The van der Waals surface area contributed by atoms with E-state index in [1.807, 2.05) is 23.7 Å². The highest BCUT2D eigenvalue weighted by atomic mass is 32.2. The Morgan fingerprint density at radius 3 is 2.92 bits per heavy atom. The van der Waals surface area contributed by atoms with E-state index in [1.165, 1.54) is 11.8 Å². The average molecular weight is 340 g/mol. The molecule has 8 heteroatoms. The van der Waals surface area contributed by atoms with E-state index in [2.05, 4.69) is 20.5 Å². The summed E-state index contributed by atoms with van der Waals surface area (Å²) in [4.78, 5) is 16.1. The van der Waals surface area contributed by atoms with Crippen LogP contribution in [0.15, 0.2) is 53.9 Å². The predicted molar refractivity (Wildman–Crippen MR) is 94.4 cm³/mol. The first-order valence-electron chi connectivity index (χ1n) is 7.21. The van der Waals surface area contributed by atoms with Gasteiger partial charge in [0.25, 0.3) is 0 Å². The summed E-state index contributed by atoms with van der Waals surface area (Å²) in [6, 6.07) is 10.8. The number of nitrogens with one attached hydrogen (secondary N) is 1. The van der Waals surface area contributed by atoms with E-state index in [-0.39, 0.29) is 11.7 Å². The van der Waals surface area contributed by atoms with Gasteiger partial charge in [0.1, 0.15) is 0 Å². The number of pyridine rings is 1. The van der Waals surface area contributed by atoms with Crippen LogP contribution in [0.2, 0.25) is 0 Å². The summed E-state index contributed by atoms with van der Waals surface area (Å²) in [6.45, 7) is 0. The zero-order valence-electron chi connectivity index (χ0n) is 13.0. The van der Waals surface area contributed by atoms with Crippen molar-refractivity contribution in [2.45, 2.75) is 5.16 Å². The lowest BCUT2D eigenvalue weighted by molar-refractivity contribution is -0.113. The highest BCUT2D eigenvalue weighted by Crippen LogP contribution is 2.22. The molecule has 0 spiro atoms. The van der Waals surface area contributed by atoms with Gasteiger partial charge >= 0.3 is 0 Å². The number of rotatable bonds is 5. The molecule has 0 aliphatic heterocycles. The molecule has 0 aliphatic rings. The molecule has 0 aliphatic carbocycles. The fourth-order valence-electron chi connectivity index (χ4n) is 2.13. The van der Waals surface area contributed by atoms with Crippen LogP contribution in [0.3, 0.4) is 0 Å².